The molecule has 2 heterocycles. The highest BCUT2D eigenvalue weighted by atomic mass is 32.2. The number of carbonyl (C=O) groups is 1. The minimum absolute atomic E-state index is 0.188. The van der Waals surface area contributed by atoms with Crippen molar-refractivity contribution in [3.8, 4) is 0 Å². The molecule has 1 aromatic carbocycles. The van der Waals surface area contributed by atoms with E-state index in [4.69, 9.17) is 0 Å². The zero-order valence-electron chi connectivity index (χ0n) is 15.2. The van der Waals surface area contributed by atoms with Crippen LogP contribution in [0.3, 0.4) is 0 Å². The maximum absolute atomic E-state index is 13.3. The van der Waals surface area contributed by atoms with Gasteiger partial charge in [0.15, 0.2) is 5.03 Å². The Balaban J connectivity index is 1.72. The lowest BCUT2D eigenvalue weighted by Gasteiger charge is -2.32. The fourth-order valence-electron chi connectivity index (χ4n) is 3.39. The quantitative estimate of drug-likeness (QED) is 0.695. The summed E-state index contributed by atoms with van der Waals surface area (Å²) in [6, 6.07) is 8.48. The Bertz CT molecular complexity index is 1000. The normalized spacial score (nSPS) is 16.1. The summed E-state index contributed by atoms with van der Waals surface area (Å²) in [5.74, 6) is -0.941. The molecule has 29 heavy (non-hydrogen) atoms. The molecule has 1 saturated heterocycles. The third-order valence-corrected chi connectivity index (χ3v) is 6.32. The predicted octanol–water partition coefficient (Wildman–Crippen LogP) is 3.61. The zero-order valence-corrected chi connectivity index (χ0v) is 16.0. The SMILES string of the molecule is O=C(c1cccnc1S(=O)(=O)C(F)(F)F)N1CCC(Cc2cccc(F)c2)CC1. The third kappa shape index (κ3) is 4.58. The Morgan fingerprint density at radius 1 is 1.14 bits per heavy atom. The van der Waals surface area contributed by atoms with Gasteiger partial charge in [-0.2, -0.15) is 13.2 Å². The summed E-state index contributed by atoms with van der Waals surface area (Å²) < 4.78 is 75.6. The number of sulfone groups is 1. The molecule has 0 N–H and O–H groups in total. The number of piperidine rings is 1. The first kappa shape index (κ1) is 21.2. The van der Waals surface area contributed by atoms with E-state index in [1.165, 1.54) is 23.1 Å². The lowest BCUT2D eigenvalue weighted by atomic mass is 9.90. The van der Waals surface area contributed by atoms with Crippen LogP contribution in [-0.2, 0) is 16.3 Å². The molecule has 1 aliphatic heterocycles. The lowest BCUT2D eigenvalue weighted by Crippen LogP contribution is -2.40. The molecule has 0 unspecified atom stereocenters. The minimum Gasteiger partial charge on any atom is -0.339 e. The molecular weight excluding hydrogens is 412 g/mol. The number of amides is 1. The van der Waals surface area contributed by atoms with Crippen molar-refractivity contribution >= 4 is 15.7 Å². The third-order valence-electron chi connectivity index (χ3n) is 4.88. The molecule has 10 heteroatoms. The first-order valence-corrected chi connectivity index (χ1v) is 10.4. The van der Waals surface area contributed by atoms with Crippen LogP contribution in [0.4, 0.5) is 17.6 Å². The van der Waals surface area contributed by atoms with Gasteiger partial charge < -0.3 is 4.90 Å². The van der Waals surface area contributed by atoms with Crippen LogP contribution >= 0.6 is 0 Å². The zero-order chi connectivity index (χ0) is 21.2. The number of aromatic nitrogens is 1. The fraction of sp³-hybridized carbons (Fsp3) is 0.368. The number of nitrogens with zero attached hydrogens (tertiary/aromatic N) is 2. The molecule has 1 amide bonds. The van der Waals surface area contributed by atoms with E-state index in [1.807, 2.05) is 6.07 Å². The first-order valence-electron chi connectivity index (χ1n) is 8.89. The maximum Gasteiger partial charge on any atom is 0.503 e. The number of hydrogen-bond acceptors (Lipinski definition) is 4. The molecule has 1 fully saturated rings. The van der Waals surface area contributed by atoms with E-state index >= 15 is 0 Å². The van der Waals surface area contributed by atoms with Crippen LogP contribution in [0.2, 0.25) is 0 Å². The monoisotopic (exact) mass is 430 g/mol. The minimum atomic E-state index is -5.74. The second-order valence-corrected chi connectivity index (χ2v) is 8.73. The highest BCUT2D eigenvalue weighted by Gasteiger charge is 2.49. The van der Waals surface area contributed by atoms with Crippen molar-refractivity contribution in [2.45, 2.75) is 29.8 Å². The Morgan fingerprint density at radius 3 is 2.45 bits per heavy atom. The molecule has 1 aromatic heterocycles. The van der Waals surface area contributed by atoms with Gasteiger partial charge in [0.05, 0.1) is 5.56 Å². The van der Waals surface area contributed by atoms with Crippen LogP contribution in [0, 0.1) is 11.7 Å². The molecule has 0 atom stereocenters. The van der Waals surface area contributed by atoms with Gasteiger partial charge in [-0.3, -0.25) is 4.79 Å². The summed E-state index contributed by atoms with van der Waals surface area (Å²) >= 11 is 0. The van der Waals surface area contributed by atoms with Crippen molar-refractivity contribution in [3.05, 3.63) is 59.5 Å². The summed E-state index contributed by atoms with van der Waals surface area (Å²) in [5.41, 5.74) is -5.30. The molecule has 0 aliphatic carbocycles. The molecular formula is C19H18F4N2O3S. The summed E-state index contributed by atoms with van der Waals surface area (Å²) in [7, 11) is -5.74. The van der Waals surface area contributed by atoms with Gasteiger partial charge in [0.2, 0.25) is 0 Å². The van der Waals surface area contributed by atoms with Gasteiger partial charge in [-0.1, -0.05) is 12.1 Å². The number of benzene rings is 1. The van der Waals surface area contributed by atoms with Crippen LogP contribution in [0.15, 0.2) is 47.6 Å². The summed E-state index contributed by atoms with van der Waals surface area (Å²) in [5, 5.41) is -1.28. The van der Waals surface area contributed by atoms with Crippen molar-refractivity contribution in [2.24, 2.45) is 5.92 Å². The van der Waals surface area contributed by atoms with Gasteiger partial charge in [-0.05, 0) is 55.0 Å². The van der Waals surface area contributed by atoms with Crippen LogP contribution in [0.1, 0.15) is 28.8 Å². The lowest BCUT2D eigenvalue weighted by molar-refractivity contribution is -0.0438. The average molecular weight is 430 g/mol. The fourth-order valence-corrected chi connectivity index (χ4v) is 4.25. The van der Waals surface area contributed by atoms with Crippen molar-refractivity contribution in [3.63, 3.8) is 0 Å². The van der Waals surface area contributed by atoms with Gasteiger partial charge in [-0.25, -0.2) is 17.8 Å². The number of pyridine rings is 1. The Morgan fingerprint density at radius 2 is 1.83 bits per heavy atom. The number of likely N-dealkylation sites (tertiary alicyclic amines) is 1. The van der Waals surface area contributed by atoms with E-state index in [9.17, 15) is 30.8 Å². The predicted molar refractivity (Wildman–Crippen MR) is 96.2 cm³/mol. The van der Waals surface area contributed by atoms with Crippen molar-refractivity contribution in [2.75, 3.05) is 13.1 Å². The standard InChI is InChI=1S/C19H18F4N2O3S/c20-15-4-1-3-14(12-15)11-13-6-9-25(10-7-13)18(26)16-5-2-8-24-17(16)29(27,28)19(21,22)23/h1-5,8,12-13H,6-7,9-11H2. The molecule has 0 saturated carbocycles. The Labute approximate surface area is 165 Å². The number of rotatable bonds is 4. The van der Waals surface area contributed by atoms with E-state index in [0.29, 0.717) is 19.3 Å². The number of halogens is 4. The molecule has 3 rings (SSSR count). The van der Waals surface area contributed by atoms with Gasteiger partial charge in [0.25, 0.3) is 15.7 Å². The van der Waals surface area contributed by atoms with Crippen molar-refractivity contribution in [1.82, 2.24) is 9.88 Å². The largest absolute Gasteiger partial charge is 0.503 e. The first-order chi connectivity index (χ1) is 13.6. The van der Waals surface area contributed by atoms with E-state index in [2.05, 4.69) is 4.98 Å². The average Bonchev–Trinajstić information content (AvgIpc) is 2.67. The number of hydrogen-bond donors (Lipinski definition) is 0. The van der Waals surface area contributed by atoms with Crippen molar-refractivity contribution in [1.29, 1.82) is 0 Å². The summed E-state index contributed by atoms with van der Waals surface area (Å²) in [4.78, 5) is 17.4. The summed E-state index contributed by atoms with van der Waals surface area (Å²) in [6.07, 6.45) is 2.68. The Hall–Kier alpha value is -2.49. The van der Waals surface area contributed by atoms with E-state index in [0.717, 1.165) is 17.8 Å². The molecule has 0 spiro atoms. The summed E-state index contributed by atoms with van der Waals surface area (Å²) in [6.45, 7) is 0.526. The van der Waals surface area contributed by atoms with Crippen LogP contribution < -0.4 is 0 Å². The van der Waals surface area contributed by atoms with Gasteiger partial charge in [0.1, 0.15) is 5.82 Å². The maximum atomic E-state index is 13.3. The molecule has 156 valence electrons. The molecule has 0 bridgehead atoms. The second kappa shape index (κ2) is 8.10. The van der Waals surface area contributed by atoms with Crippen LogP contribution in [-0.4, -0.2) is 42.8 Å². The van der Waals surface area contributed by atoms with Gasteiger partial charge in [-0.15, -0.1) is 0 Å². The van der Waals surface area contributed by atoms with Gasteiger partial charge in [0, 0.05) is 19.3 Å². The molecule has 5 nitrogen and oxygen atoms in total. The number of carbonyl (C=O) groups excluding carboxylic acids is 1. The highest BCUT2D eigenvalue weighted by molar-refractivity contribution is 7.92. The van der Waals surface area contributed by atoms with E-state index < -0.39 is 31.8 Å². The smallest absolute Gasteiger partial charge is 0.339 e. The van der Waals surface area contributed by atoms with Gasteiger partial charge >= 0.3 is 5.51 Å². The van der Waals surface area contributed by atoms with Crippen LogP contribution in [0.25, 0.3) is 0 Å². The van der Waals surface area contributed by atoms with E-state index in [-0.39, 0.29) is 24.8 Å². The molecule has 1 aliphatic rings. The topological polar surface area (TPSA) is 67.3 Å². The molecule has 2 aromatic rings. The molecule has 0 radical (unpaired) electrons. The Kier molecular flexibility index (Phi) is 5.92. The van der Waals surface area contributed by atoms with Crippen LogP contribution in [0.5, 0.6) is 0 Å². The number of alkyl halides is 3. The van der Waals surface area contributed by atoms with Crippen molar-refractivity contribution < 1.29 is 30.8 Å². The highest BCUT2D eigenvalue weighted by Crippen LogP contribution is 2.32. The second-order valence-electron chi connectivity index (χ2n) is 6.87. The van der Waals surface area contributed by atoms with E-state index in [1.54, 1.807) is 6.07 Å².